The van der Waals surface area contributed by atoms with Crippen molar-refractivity contribution in [3.63, 3.8) is 0 Å². The molecule has 0 saturated heterocycles. The molecule has 0 heterocycles. The molecule has 0 radical (unpaired) electrons. The molecule has 114 valence electrons. The molecule has 4 heteroatoms. The maximum absolute atomic E-state index is 13.7. The summed E-state index contributed by atoms with van der Waals surface area (Å²) in [6.07, 6.45) is 7.20. The van der Waals surface area contributed by atoms with Gasteiger partial charge in [0.05, 0.1) is 11.5 Å². The second-order valence-corrected chi connectivity index (χ2v) is 6.26. The molecule has 1 aromatic carbocycles. The van der Waals surface area contributed by atoms with Gasteiger partial charge in [-0.05, 0) is 50.3 Å². The number of carboxylic acids is 1. The first-order chi connectivity index (χ1) is 10.1. The van der Waals surface area contributed by atoms with E-state index in [0.717, 1.165) is 38.5 Å². The molecule has 1 N–H and O–H groups in total. The number of benzene rings is 1. The zero-order valence-electron chi connectivity index (χ0n) is 12.1. The molecule has 3 rings (SSSR count). The number of halogens is 1. The Kier molecular flexibility index (Phi) is 3.87. The predicted octanol–water partition coefficient (Wildman–Crippen LogP) is 4.04. The number of ether oxygens (including phenoxy) is 1. The summed E-state index contributed by atoms with van der Waals surface area (Å²) in [5.41, 5.74) is -0.457. The normalized spacial score (nSPS) is 21.6. The summed E-state index contributed by atoms with van der Waals surface area (Å²) in [5.74, 6) is -0.686. The van der Waals surface area contributed by atoms with Gasteiger partial charge in [-0.1, -0.05) is 19.3 Å². The minimum atomic E-state index is -0.987. The summed E-state index contributed by atoms with van der Waals surface area (Å²) in [5, 5.41) is 9.78. The molecule has 0 unspecified atom stereocenters. The fraction of sp³-hybridized carbons (Fsp3) is 0.588. The van der Waals surface area contributed by atoms with Crippen LogP contribution in [-0.2, 0) is 10.2 Å². The van der Waals surface area contributed by atoms with E-state index in [1.54, 1.807) is 6.07 Å². The van der Waals surface area contributed by atoms with Crippen LogP contribution in [-0.4, -0.2) is 17.2 Å². The van der Waals surface area contributed by atoms with E-state index in [2.05, 4.69) is 0 Å². The third-order valence-corrected chi connectivity index (χ3v) is 4.92. The van der Waals surface area contributed by atoms with E-state index < -0.39 is 17.2 Å². The number of rotatable bonds is 4. The molecule has 21 heavy (non-hydrogen) atoms. The topological polar surface area (TPSA) is 46.5 Å². The minimum Gasteiger partial charge on any atom is -0.490 e. The van der Waals surface area contributed by atoms with Gasteiger partial charge in [-0.2, -0.15) is 0 Å². The van der Waals surface area contributed by atoms with Crippen molar-refractivity contribution in [2.24, 2.45) is 0 Å². The molecule has 1 aromatic rings. The first kappa shape index (κ1) is 14.4. The third kappa shape index (κ3) is 2.63. The lowest BCUT2D eigenvalue weighted by atomic mass is 9.69. The zero-order valence-corrected chi connectivity index (χ0v) is 12.1. The Morgan fingerprint density at radius 3 is 2.48 bits per heavy atom. The van der Waals surface area contributed by atoms with Gasteiger partial charge in [0.25, 0.3) is 0 Å². The van der Waals surface area contributed by atoms with Crippen molar-refractivity contribution in [1.82, 2.24) is 0 Å². The molecule has 3 nitrogen and oxygen atoms in total. The largest absolute Gasteiger partial charge is 0.490 e. The molecule has 2 saturated carbocycles. The van der Waals surface area contributed by atoms with Gasteiger partial charge in [-0.25, -0.2) is 4.39 Å². The van der Waals surface area contributed by atoms with Crippen LogP contribution in [0.3, 0.4) is 0 Å². The van der Waals surface area contributed by atoms with Gasteiger partial charge in [-0.15, -0.1) is 0 Å². The summed E-state index contributed by atoms with van der Waals surface area (Å²) in [6.45, 7) is 0. The lowest BCUT2D eigenvalue weighted by Gasteiger charge is -2.36. The Balaban J connectivity index is 2.00. The first-order valence-corrected chi connectivity index (χ1v) is 7.82. The molecule has 0 spiro atoms. The number of hydrogen-bond acceptors (Lipinski definition) is 2. The second-order valence-electron chi connectivity index (χ2n) is 6.26. The highest BCUT2D eigenvalue weighted by atomic mass is 19.1. The van der Waals surface area contributed by atoms with Crippen LogP contribution in [0.1, 0.15) is 56.9 Å². The van der Waals surface area contributed by atoms with Crippen LogP contribution < -0.4 is 4.74 Å². The van der Waals surface area contributed by atoms with E-state index in [1.165, 1.54) is 12.1 Å². The van der Waals surface area contributed by atoms with Gasteiger partial charge in [0.1, 0.15) is 11.6 Å². The average molecular weight is 292 g/mol. The molecule has 0 atom stereocenters. The maximum Gasteiger partial charge on any atom is 0.314 e. The van der Waals surface area contributed by atoms with Crippen molar-refractivity contribution in [3.8, 4) is 5.75 Å². The van der Waals surface area contributed by atoms with Crippen molar-refractivity contribution in [2.45, 2.75) is 62.9 Å². The van der Waals surface area contributed by atoms with Gasteiger partial charge < -0.3 is 9.84 Å². The summed E-state index contributed by atoms with van der Waals surface area (Å²) in [7, 11) is 0. The van der Waals surface area contributed by atoms with Gasteiger partial charge in [0.15, 0.2) is 0 Å². The summed E-state index contributed by atoms with van der Waals surface area (Å²) in [4.78, 5) is 11.9. The standard InChI is InChI=1S/C17H21FO3/c18-12-7-8-15(21-13-5-4-6-13)14(11-12)17(16(19)20)9-2-1-3-10-17/h7-8,11,13H,1-6,9-10H2,(H,19,20). The maximum atomic E-state index is 13.7. The molecule has 0 aromatic heterocycles. The fourth-order valence-electron chi connectivity index (χ4n) is 3.40. The quantitative estimate of drug-likeness (QED) is 0.911. The average Bonchev–Trinajstić information content (AvgIpc) is 2.44. The minimum absolute atomic E-state index is 0.156. The highest BCUT2D eigenvalue weighted by Crippen LogP contribution is 2.44. The first-order valence-electron chi connectivity index (χ1n) is 7.82. The Bertz CT molecular complexity index is 531. The highest BCUT2D eigenvalue weighted by molar-refractivity contribution is 5.82. The SMILES string of the molecule is O=C(O)C1(c2cc(F)ccc2OC2CCC2)CCCCC1. The Labute approximate surface area is 124 Å². The highest BCUT2D eigenvalue weighted by Gasteiger charge is 2.44. The molecule has 0 amide bonds. The van der Waals surface area contributed by atoms with E-state index in [1.807, 2.05) is 0 Å². The number of aliphatic carboxylic acids is 1. The van der Waals surface area contributed by atoms with Gasteiger partial charge in [-0.3, -0.25) is 4.79 Å². The van der Waals surface area contributed by atoms with Crippen molar-refractivity contribution >= 4 is 5.97 Å². The van der Waals surface area contributed by atoms with Crippen molar-refractivity contribution in [3.05, 3.63) is 29.6 Å². The van der Waals surface area contributed by atoms with E-state index in [-0.39, 0.29) is 6.10 Å². The van der Waals surface area contributed by atoms with Gasteiger partial charge in [0.2, 0.25) is 0 Å². The van der Waals surface area contributed by atoms with Crippen molar-refractivity contribution < 1.29 is 19.0 Å². The summed E-state index contributed by atoms with van der Waals surface area (Å²) < 4.78 is 19.7. The lowest BCUT2D eigenvalue weighted by molar-refractivity contribution is -0.145. The lowest BCUT2D eigenvalue weighted by Crippen LogP contribution is -2.39. The Hall–Kier alpha value is -1.58. The second kappa shape index (κ2) is 5.66. The van der Waals surface area contributed by atoms with E-state index >= 15 is 0 Å². The number of carbonyl (C=O) groups is 1. The molecule has 0 bridgehead atoms. The van der Waals surface area contributed by atoms with Gasteiger partial charge >= 0.3 is 5.97 Å². The fourth-order valence-corrected chi connectivity index (χ4v) is 3.40. The summed E-state index contributed by atoms with van der Waals surface area (Å²) >= 11 is 0. The van der Waals surface area contributed by atoms with Crippen LogP contribution in [0.15, 0.2) is 18.2 Å². The Morgan fingerprint density at radius 1 is 1.19 bits per heavy atom. The number of carboxylic acid groups (broad SMARTS) is 1. The molecular formula is C17H21FO3. The molecule has 2 fully saturated rings. The molecule has 2 aliphatic rings. The van der Waals surface area contributed by atoms with Crippen LogP contribution in [0, 0.1) is 5.82 Å². The molecular weight excluding hydrogens is 271 g/mol. The van der Waals surface area contributed by atoms with E-state index in [9.17, 15) is 14.3 Å². The van der Waals surface area contributed by atoms with Crippen molar-refractivity contribution in [1.29, 1.82) is 0 Å². The van der Waals surface area contributed by atoms with E-state index in [4.69, 9.17) is 4.74 Å². The van der Waals surface area contributed by atoms with Crippen molar-refractivity contribution in [2.75, 3.05) is 0 Å². The van der Waals surface area contributed by atoms with Crippen LogP contribution in [0.25, 0.3) is 0 Å². The van der Waals surface area contributed by atoms with Crippen LogP contribution in [0.2, 0.25) is 0 Å². The van der Waals surface area contributed by atoms with E-state index in [0.29, 0.717) is 24.2 Å². The Morgan fingerprint density at radius 2 is 1.90 bits per heavy atom. The summed E-state index contributed by atoms with van der Waals surface area (Å²) in [6, 6.07) is 4.32. The molecule has 2 aliphatic carbocycles. The van der Waals surface area contributed by atoms with Crippen LogP contribution in [0.5, 0.6) is 5.75 Å². The zero-order chi connectivity index (χ0) is 14.9. The monoisotopic (exact) mass is 292 g/mol. The number of hydrogen-bond donors (Lipinski definition) is 1. The van der Waals surface area contributed by atoms with Gasteiger partial charge in [0, 0.05) is 5.56 Å². The smallest absolute Gasteiger partial charge is 0.314 e. The predicted molar refractivity (Wildman–Crippen MR) is 77.1 cm³/mol. The van der Waals surface area contributed by atoms with Crippen LogP contribution in [0.4, 0.5) is 4.39 Å². The molecule has 0 aliphatic heterocycles. The van der Waals surface area contributed by atoms with Crippen LogP contribution >= 0.6 is 0 Å². The third-order valence-electron chi connectivity index (χ3n) is 4.92.